The third-order valence-electron chi connectivity index (χ3n) is 1.65. The third-order valence-corrected chi connectivity index (χ3v) is 1.96. The standard InChI is InChI=1S/C10H12ClNO2/c1-2-14-12-10(13)9-5-3-4-8(6-9)7-11/h3-6H,2,7H2,1H3,(H,12,13). The Balaban J connectivity index is 2.69. The summed E-state index contributed by atoms with van der Waals surface area (Å²) in [5, 5.41) is 0. The van der Waals surface area contributed by atoms with Gasteiger partial charge in [-0.25, -0.2) is 5.48 Å². The average Bonchev–Trinajstić information content (AvgIpc) is 2.26. The first-order valence-electron chi connectivity index (χ1n) is 4.35. The molecule has 1 N–H and O–H groups in total. The van der Waals surface area contributed by atoms with E-state index in [1.807, 2.05) is 6.07 Å². The van der Waals surface area contributed by atoms with Crippen molar-refractivity contribution in [3.8, 4) is 0 Å². The number of carbonyl (C=O) groups excluding carboxylic acids is 1. The monoisotopic (exact) mass is 213 g/mol. The fourth-order valence-corrected chi connectivity index (χ4v) is 1.16. The van der Waals surface area contributed by atoms with Gasteiger partial charge in [0.1, 0.15) is 0 Å². The summed E-state index contributed by atoms with van der Waals surface area (Å²) in [7, 11) is 0. The van der Waals surface area contributed by atoms with Crippen LogP contribution in [0.5, 0.6) is 0 Å². The molecule has 0 fully saturated rings. The van der Waals surface area contributed by atoms with Crippen LogP contribution in [-0.2, 0) is 10.7 Å². The van der Waals surface area contributed by atoms with Gasteiger partial charge < -0.3 is 0 Å². The van der Waals surface area contributed by atoms with Crippen molar-refractivity contribution in [3.63, 3.8) is 0 Å². The van der Waals surface area contributed by atoms with Crippen molar-refractivity contribution in [3.05, 3.63) is 35.4 Å². The molecule has 0 aliphatic carbocycles. The molecule has 14 heavy (non-hydrogen) atoms. The zero-order valence-electron chi connectivity index (χ0n) is 7.92. The van der Waals surface area contributed by atoms with Gasteiger partial charge in [-0.3, -0.25) is 9.63 Å². The van der Waals surface area contributed by atoms with E-state index in [2.05, 4.69) is 5.48 Å². The van der Waals surface area contributed by atoms with Crippen LogP contribution in [0.2, 0.25) is 0 Å². The van der Waals surface area contributed by atoms with Gasteiger partial charge in [-0.05, 0) is 24.6 Å². The van der Waals surface area contributed by atoms with Crippen LogP contribution in [0.1, 0.15) is 22.8 Å². The summed E-state index contributed by atoms with van der Waals surface area (Å²) < 4.78 is 0. The lowest BCUT2D eigenvalue weighted by molar-refractivity contribution is 0.0364. The smallest absolute Gasteiger partial charge is 0.274 e. The van der Waals surface area contributed by atoms with E-state index in [0.717, 1.165) is 5.56 Å². The lowest BCUT2D eigenvalue weighted by Crippen LogP contribution is -2.23. The highest BCUT2D eigenvalue weighted by atomic mass is 35.5. The van der Waals surface area contributed by atoms with Gasteiger partial charge in [0.05, 0.1) is 6.61 Å². The largest absolute Gasteiger partial charge is 0.274 e. The molecule has 0 spiro atoms. The summed E-state index contributed by atoms with van der Waals surface area (Å²) in [5.74, 6) is 0.147. The topological polar surface area (TPSA) is 38.3 Å². The van der Waals surface area contributed by atoms with Crippen molar-refractivity contribution < 1.29 is 9.63 Å². The van der Waals surface area contributed by atoms with Gasteiger partial charge in [0, 0.05) is 11.4 Å². The molecule has 0 atom stereocenters. The molecule has 1 amide bonds. The van der Waals surface area contributed by atoms with Gasteiger partial charge in [-0.1, -0.05) is 12.1 Å². The zero-order chi connectivity index (χ0) is 10.4. The lowest BCUT2D eigenvalue weighted by atomic mass is 10.1. The predicted molar refractivity (Wildman–Crippen MR) is 55.1 cm³/mol. The number of rotatable bonds is 4. The SMILES string of the molecule is CCONC(=O)c1cccc(CCl)c1. The molecule has 0 heterocycles. The number of alkyl halides is 1. The van der Waals surface area contributed by atoms with E-state index in [0.29, 0.717) is 18.1 Å². The molecule has 1 rings (SSSR count). The highest BCUT2D eigenvalue weighted by Crippen LogP contribution is 2.07. The molecule has 1 aromatic carbocycles. The zero-order valence-corrected chi connectivity index (χ0v) is 8.67. The molecule has 4 heteroatoms. The maximum absolute atomic E-state index is 11.4. The van der Waals surface area contributed by atoms with E-state index in [1.54, 1.807) is 25.1 Å². The number of amides is 1. The van der Waals surface area contributed by atoms with Crippen LogP contribution < -0.4 is 5.48 Å². The maximum atomic E-state index is 11.4. The second-order valence-electron chi connectivity index (χ2n) is 2.70. The molecule has 0 unspecified atom stereocenters. The predicted octanol–water partition coefficient (Wildman–Crippen LogP) is 2.11. The normalized spacial score (nSPS) is 9.86. The van der Waals surface area contributed by atoms with E-state index >= 15 is 0 Å². The van der Waals surface area contributed by atoms with Crippen molar-refractivity contribution in [2.45, 2.75) is 12.8 Å². The molecule has 0 aromatic heterocycles. The van der Waals surface area contributed by atoms with Crippen molar-refractivity contribution >= 4 is 17.5 Å². The fourth-order valence-electron chi connectivity index (χ4n) is 0.992. The first-order chi connectivity index (χ1) is 6.77. The molecule has 0 radical (unpaired) electrons. The van der Waals surface area contributed by atoms with Crippen LogP contribution in [0.3, 0.4) is 0 Å². The van der Waals surface area contributed by atoms with Crippen molar-refractivity contribution in [2.24, 2.45) is 0 Å². The maximum Gasteiger partial charge on any atom is 0.274 e. The molecule has 0 saturated heterocycles. The first-order valence-corrected chi connectivity index (χ1v) is 4.88. The summed E-state index contributed by atoms with van der Waals surface area (Å²) >= 11 is 5.64. The Hall–Kier alpha value is -1.06. The van der Waals surface area contributed by atoms with Crippen LogP contribution >= 0.6 is 11.6 Å². The number of carbonyl (C=O) groups is 1. The summed E-state index contributed by atoms with van der Waals surface area (Å²) in [6, 6.07) is 7.11. The van der Waals surface area contributed by atoms with Gasteiger partial charge in [-0.15, -0.1) is 11.6 Å². The van der Waals surface area contributed by atoms with Crippen LogP contribution in [0.4, 0.5) is 0 Å². The fraction of sp³-hybridized carbons (Fsp3) is 0.300. The average molecular weight is 214 g/mol. The summed E-state index contributed by atoms with van der Waals surface area (Å²) in [4.78, 5) is 16.2. The van der Waals surface area contributed by atoms with Crippen molar-refractivity contribution in [2.75, 3.05) is 6.61 Å². The van der Waals surface area contributed by atoms with Crippen LogP contribution in [-0.4, -0.2) is 12.5 Å². The molecule has 1 aromatic rings. The number of halogens is 1. The third kappa shape index (κ3) is 3.01. The van der Waals surface area contributed by atoms with Gasteiger partial charge in [0.2, 0.25) is 0 Å². The minimum absolute atomic E-state index is 0.251. The lowest BCUT2D eigenvalue weighted by Gasteiger charge is -2.04. The molecular weight excluding hydrogens is 202 g/mol. The molecule has 0 saturated carbocycles. The molecule has 0 aliphatic heterocycles. The number of hydrogen-bond acceptors (Lipinski definition) is 2. The van der Waals surface area contributed by atoms with Gasteiger partial charge in [0.15, 0.2) is 0 Å². The van der Waals surface area contributed by atoms with E-state index in [-0.39, 0.29) is 5.91 Å². The van der Waals surface area contributed by atoms with Crippen molar-refractivity contribution in [1.82, 2.24) is 5.48 Å². The molecule has 76 valence electrons. The Morgan fingerprint density at radius 3 is 3.00 bits per heavy atom. The molecule has 3 nitrogen and oxygen atoms in total. The summed E-state index contributed by atoms with van der Waals surface area (Å²) in [6.07, 6.45) is 0. The highest BCUT2D eigenvalue weighted by Gasteiger charge is 2.04. The van der Waals surface area contributed by atoms with Gasteiger partial charge in [0.25, 0.3) is 5.91 Å². The minimum Gasteiger partial charge on any atom is -0.274 e. The van der Waals surface area contributed by atoms with E-state index in [4.69, 9.17) is 16.4 Å². The van der Waals surface area contributed by atoms with Gasteiger partial charge >= 0.3 is 0 Å². The Labute approximate surface area is 88.0 Å². The second-order valence-corrected chi connectivity index (χ2v) is 2.97. The van der Waals surface area contributed by atoms with Crippen LogP contribution in [0.25, 0.3) is 0 Å². The van der Waals surface area contributed by atoms with Gasteiger partial charge in [-0.2, -0.15) is 0 Å². The Morgan fingerprint density at radius 1 is 1.57 bits per heavy atom. The number of hydroxylamine groups is 1. The van der Waals surface area contributed by atoms with E-state index in [9.17, 15) is 4.79 Å². The second kappa shape index (κ2) is 5.62. The molecule has 0 aliphatic rings. The van der Waals surface area contributed by atoms with Crippen LogP contribution in [0, 0.1) is 0 Å². The number of nitrogens with one attached hydrogen (secondary N) is 1. The van der Waals surface area contributed by atoms with Crippen LogP contribution in [0.15, 0.2) is 24.3 Å². The Morgan fingerprint density at radius 2 is 2.36 bits per heavy atom. The highest BCUT2D eigenvalue weighted by molar-refractivity contribution is 6.17. The Bertz CT molecular complexity index is 315. The Kier molecular flexibility index (Phi) is 4.43. The quantitative estimate of drug-likeness (QED) is 0.615. The molecular formula is C10H12ClNO2. The number of hydrogen-bond donors (Lipinski definition) is 1. The van der Waals surface area contributed by atoms with Crippen molar-refractivity contribution in [1.29, 1.82) is 0 Å². The van der Waals surface area contributed by atoms with E-state index < -0.39 is 0 Å². The van der Waals surface area contributed by atoms with E-state index in [1.165, 1.54) is 0 Å². The summed E-state index contributed by atoms with van der Waals surface area (Å²) in [5.41, 5.74) is 3.78. The number of benzene rings is 1. The first kappa shape index (κ1) is 11.0. The minimum atomic E-state index is -0.251. The molecule has 0 bridgehead atoms. The summed E-state index contributed by atoms with van der Waals surface area (Å²) in [6.45, 7) is 2.25.